The van der Waals surface area contributed by atoms with Crippen LogP contribution in [0.2, 0.25) is 0 Å². The third-order valence-corrected chi connectivity index (χ3v) is 2.59. The zero-order valence-electron chi connectivity index (χ0n) is 10.2. The van der Waals surface area contributed by atoms with E-state index in [-0.39, 0.29) is 29.1 Å². The minimum Gasteiger partial charge on any atom is -0.493 e. The SMILES string of the molecule is C=CCOC(=O)CSc1nc(O)cc(C(=O)OC)n1. The van der Waals surface area contributed by atoms with Crippen LogP contribution in [0, 0.1) is 0 Å². The van der Waals surface area contributed by atoms with Gasteiger partial charge in [-0.2, -0.15) is 4.98 Å². The number of aromatic nitrogens is 2. The largest absolute Gasteiger partial charge is 0.493 e. The minimum absolute atomic E-state index is 0.0437. The smallest absolute Gasteiger partial charge is 0.356 e. The van der Waals surface area contributed by atoms with E-state index in [1.54, 1.807) is 0 Å². The van der Waals surface area contributed by atoms with Crippen molar-refractivity contribution < 1.29 is 24.2 Å². The molecule has 1 aromatic rings. The number of carbonyl (C=O) groups is 2. The van der Waals surface area contributed by atoms with Crippen molar-refractivity contribution in [1.82, 2.24) is 9.97 Å². The quantitative estimate of drug-likeness (QED) is 0.354. The standard InChI is InChI=1S/C11H12N2O5S/c1-3-4-18-9(15)6-19-11-12-7(10(16)17-2)5-8(14)13-11/h3,5H,1,4,6H2,2H3,(H,12,13,14). The molecule has 19 heavy (non-hydrogen) atoms. The molecule has 0 radical (unpaired) electrons. The van der Waals surface area contributed by atoms with E-state index in [9.17, 15) is 14.7 Å². The maximum atomic E-state index is 11.3. The van der Waals surface area contributed by atoms with E-state index in [0.29, 0.717) is 0 Å². The Labute approximate surface area is 113 Å². The predicted octanol–water partition coefficient (Wildman–Crippen LogP) is 0.790. The average Bonchev–Trinajstić information content (AvgIpc) is 2.41. The lowest BCUT2D eigenvalue weighted by Gasteiger charge is -2.03. The molecule has 0 saturated carbocycles. The summed E-state index contributed by atoms with van der Waals surface area (Å²) in [6.07, 6.45) is 1.45. The summed E-state index contributed by atoms with van der Waals surface area (Å²) in [5.74, 6) is -1.60. The first-order valence-corrected chi connectivity index (χ1v) is 6.11. The number of ether oxygens (including phenoxy) is 2. The van der Waals surface area contributed by atoms with Crippen LogP contribution in [0.3, 0.4) is 0 Å². The van der Waals surface area contributed by atoms with E-state index in [1.165, 1.54) is 13.2 Å². The first-order valence-electron chi connectivity index (χ1n) is 5.12. The van der Waals surface area contributed by atoms with Gasteiger partial charge in [0.2, 0.25) is 5.88 Å². The Morgan fingerprint density at radius 1 is 1.53 bits per heavy atom. The second kappa shape index (κ2) is 7.37. The monoisotopic (exact) mass is 284 g/mol. The Morgan fingerprint density at radius 3 is 2.89 bits per heavy atom. The summed E-state index contributed by atoms with van der Waals surface area (Å²) in [6.45, 7) is 3.53. The zero-order valence-corrected chi connectivity index (χ0v) is 11.0. The molecule has 0 unspecified atom stereocenters. The van der Waals surface area contributed by atoms with Gasteiger partial charge in [0.25, 0.3) is 0 Å². The van der Waals surface area contributed by atoms with Gasteiger partial charge in [-0.05, 0) is 0 Å². The van der Waals surface area contributed by atoms with Gasteiger partial charge >= 0.3 is 11.9 Å². The molecule has 0 amide bonds. The van der Waals surface area contributed by atoms with Crippen molar-refractivity contribution in [2.24, 2.45) is 0 Å². The van der Waals surface area contributed by atoms with Gasteiger partial charge in [0.15, 0.2) is 10.9 Å². The summed E-state index contributed by atoms with van der Waals surface area (Å²) >= 11 is 0.936. The number of hydrogen-bond acceptors (Lipinski definition) is 8. The molecule has 0 atom stereocenters. The molecular formula is C11H12N2O5S. The second-order valence-corrected chi connectivity index (χ2v) is 4.09. The highest BCUT2D eigenvalue weighted by atomic mass is 32.2. The molecule has 0 spiro atoms. The second-order valence-electron chi connectivity index (χ2n) is 3.15. The van der Waals surface area contributed by atoms with Gasteiger partial charge in [0, 0.05) is 6.07 Å². The van der Waals surface area contributed by atoms with Crippen molar-refractivity contribution in [3.8, 4) is 5.88 Å². The highest BCUT2D eigenvalue weighted by Gasteiger charge is 2.13. The highest BCUT2D eigenvalue weighted by molar-refractivity contribution is 7.99. The van der Waals surface area contributed by atoms with Gasteiger partial charge in [-0.1, -0.05) is 24.4 Å². The molecule has 0 aliphatic rings. The first kappa shape index (κ1) is 15.0. The molecule has 0 saturated heterocycles. The summed E-state index contributed by atoms with van der Waals surface area (Å²) in [5.41, 5.74) is -0.0861. The fourth-order valence-corrected chi connectivity index (χ4v) is 1.65. The lowest BCUT2D eigenvalue weighted by molar-refractivity contribution is -0.139. The predicted molar refractivity (Wildman–Crippen MR) is 66.9 cm³/mol. The Bertz CT molecular complexity index is 492. The van der Waals surface area contributed by atoms with Gasteiger partial charge in [-0.25, -0.2) is 9.78 Å². The van der Waals surface area contributed by atoms with Gasteiger partial charge in [-0.15, -0.1) is 0 Å². The number of aromatic hydroxyl groups is 1. The molecule has 0 bridgehead atoms. The topological polar surface area (TPSA) is 98.6 Å². The maximum absolute atomic E-state index is 11.3. The molecule has 102 valence electrons. The van der Waals surface area contributed by atoms with E-state index < -0.39 is 11.9 Å². The van der Waals surface area contributed by atoms with Gasteiger partial charge in [-0.3, -0.25) is 4.79 Å². The number of esters is 2. The number of hydrogen-bond donors (Lipinski definition) is 1. The van der Waals surface area contributed by atoms with Gasteiger partial charge < -0.3 is 14.6 Å². The third kappa shape index (κ3) is 4.96. The lowest BCUT2D eigenvalue weighted by atomic mass is 10.4. The molecule has 0 aliphatic heterocycles. The maximum Gasteiger partial charge on any atom is 0.356 e. The summed E-state index contributed by atoms with van der Waals surface area (Å²) in [4.78, 5) is 30.0. The number of carbonyl (C=O) groups excluding carboxylic acids is 2. The minimum atomic E-state index is -0.700. The average molecular weight is 284 g/mol. The van der Waals surface area contributed by atoms with Crippen LogP contribution in [0.4, 0.5) is 0 Å². The van der Waals surface area contributed by atoms with Crippen LogP contribution in [0.25, 0.3) is 0 Å². The van der Waals surface area contributed by atoms with Crippen molar-refractivity contribution in [3.63, 3.8) is 0 Å². The zero-order chi connectivity index (χ0) is 14.3. The Morgan fingerprint density at radius 2 is 2.26 bits per heavy atom. The third-order valence-electron chi connectivity index (χ3n) is 1.77. The first-order chi connectivity index (χ1) is 9.06. The van der Waals surface area contributed by atoms with E-state index >= 15 is 0 Å². The molecule has 8 heteroatoms. The Hall–Kier alpha value is -2.09. The number of rotatable bonds is 6. The van der Waals surface area contributed by atoms with Crippen molar-refractivity contribution in [1.29, 1.82) is 0 Å². The van der Waals surface area contributed by atoms with Crippen LogP contribution < -0.4 is 0 Å². The number of nitrogens with zero attached hydrogens (tertiary/aromatic N) is 2. The number of thioether (sulfide) groups is 1. The van der Waals surface area contributed by atoms with E-state index in [0.717, 1.165) is 17.8 Å². The molecule has 1 aromatic heterocycles. The van der Waals surface area contributed by atoms with Crippen molar-refractivity contribution >= 4 is 23.7 Å². The molecule has 1 heterocycles. The Kier molecular flexibility index (Phi) is 5.80. The normalized spacial score (nSPS) is 9.74. The lowest BCUT2D eigenvalue weighted by Crippen LogP contribution is -2.09. The van der Waals surface area contributed by atoms with Gasteiger partial charge in [0.1, 0.15) is 6.61 Å². The van der Waals surface area contributed by atoms with Crippen molar-refractivity contribution in [2.45, 2.75) is 5.16 Å². The summed E-state index contributed by atoms with van der Waals surface area (Å²) in [7, 11) is 1.20. The van der Waals surface area contributed by atoms with Crippen molar-refractivity contribution in [3.05, 3.63) is 24.4 Å². The van der Waals surface area contributed by atoms with Crippen molar-refractivity contribution in [2.75, 3.05) is 19.5 Å². The van der Waals surface area contributed by atoms with Crippen LogP contribution in [-0.2, 0) is 14.3 Å². The van der Waals surface area contributed by atoms with Crippen LogP contribution in [-0.4, -0.2) is 46.5 Å². The summed E-state index contributed by atoms with van der Waals surface area (Å²) in [6, 6.07) is 1.08. The molecule has 0 fully saturated rings. The molecule has 1 rings (SSSR count). The van der Waals surface area contributed by atoms with Crippen LogP contribution in [0.1, 0.15) is 10.5 Å². The molecule has 0 aromatic carbocycles. The fourth-order valence-electron chi connectivity index (χ4n) is 1.00. The van der Waals surface area contributed by atoms with Crippen LogP contribution >= 0.6 is 11.8 Å². The molecule has 7 nitrogen and oxygen atoms in total. The molecule has 1 N–H and O–H groups in total. The molecule has 0 aliphatic carbocycles. The van der Waals surface area contributed by atoms with Crippen LogP contribution in [0.15, 0.2) is 23.9 Å². The fraction of sp³-hybridized carbons (Fsp3) is 0.273. The van der Waals surface area contributed by atoms with E-state index in [1.807, 2.05) is 0 Å². The summed E-state index contributed by atoms with van der Waals surface area (Å²) < 4.78 is 9.23. The number of methoxy groups -OCH3 is 1. The Balaban J connectivity index is 2.68. The molecular weight excluding hydrogens is 272 g/mol. The van der Waals surface area contributed by atoms with Crippen LogP contribution in [0.5, 0.6) is 5.88 Å². The highest BCUT2D eigenvalue weighted by Crippen LogP contribution is 2.17. The van der Waals surface area contributed by atoms with E-state index in [4.69, 9.17) is 4.74 Å². The summed E-state index contributed by atoms with van der Waals surface area (Å²) in [5, 5.41) is 9.42. The van der Waals surface area contributed by atoms with E-state index in [2.05, 4.69) is 21.3 Å². The van der Waals surface area contributed by atoms with Gasteiger partial charge in [0.05, 0.1) is 12.9 Å².